The van der Waals surface area contributed by atoms with Gasteiger partial charge in [-0.3, -0.25) is 0 Å². The summed E-state index contributed by atoms with van der Waals surface area (Å²) in [4.78, 5) is 41.2. The van der Waals surface area contributed by atoms with Gasteiger partial charge in [0.2, 0.25) is 17.3 Å². The summed E-state index contributed by atoms with van der Waals surface area (Å²) in [6.45, 7) is -5.39. The molecule has 4 aliphatic heterocycles. The number of rotatable bonds is 26. The number of carbonyl (C=O) groups excluding carboxylic acids is 3. The van der Waals surface area contributed by atoms with Crippen LogP contribution in [0.25, 0.3) is 18.2 Å². The van der Waals surface area contributed by atoms with Crippen molar-refractivity contribution in [3.63, 3.8) is 0 Å². The molecule has 0 bridgehead atoms. The lowest BCUT2D eigenvalue weighted by atomic mass is 9.96. The summed E-state index contributed by atoms with van der Waals surface area (Å²) in [6.07, 6.45) is -30.2. The number of benzene rings is 3. The number of aromatic hydroxyl groups is 2. The zero-order valence-electron chi connectivity index (χ0n) is 48.5. The molecule has 32 heteroatoms. The molecular formula is C57H72O32. The molecule has 4 fully saturated rings. The Balaban J connectivity index is 1.24. The van der Waals surface area contributed by atoms with Crippen molar-refractivity contribution in [2.45, 2.75) is 116 Å². The van der Waals surface area contributed by atoms with E-state index in [0.29, 0.717) is 5.56 Å². The van der Waals surface area contributed by atoms with Crippen LogP contribution in [0, 0.1) is 0 Å². The number of methoxy groups -OCH3 is 6. The smallest absolute Gasteiger partial charge is 0.331 e. The van der Waals surface area contributed by atoms with Crippen molar-refractivity contribution in [1.82, 2.24) is 0 Å². The van der Waals surface area contributed by atoms with Gasteiger partial charge in [0.25, 0.3) is 0 Å². The first kappa shape index (κ1) is 69.4. The number of aliphatic hydroxyl groups is 11. The summed E-state index contributed by atoms with van der Waals surface area (Å²) >= 11 is 0. The van der Waals surface area contributed by atoms with Crippen LogP contribution in [0.4, 0.5) is 0 Å². The van der Waals surface area contributed by atoms with Crippen molar-refractivity contribution < 1.29 is 157 Å². The highest BCUT2D eigenvalue weighted by Crippen LogP contribution is 2.43. The molecule has 7 rings (SSSR count). The molecule has 0 amide bonds. The van der Waals surface area contributed by atoms with Crippen LogP contribution in [0.15, 0.2) is 60.7 Å². The van der Waals surface area contributed by atoms with Gasteiger partial charge in [0, 0.05) is 18.2 Å². The zero-order chi connectivity index (χ0) is 65.0. The molecule has 3 aromatic carbocycles. The number of phenolic OH excluding ortho intramolecular Hbond substituents is 2. The third-order valence-electron chi connectivity index (χ3n) is 14.6. The molecule has 13 N–H and O–H groups in total. The maximum Gasteiger partial charge on any atom is 0.331 e. The van der Waals surface area contributed by atoms with E-state index in [1.807, 2.05) is 0 Å². The highest BCUT2D eigenvalue weighted by molar-refractivity contribution is 5.89. The van der Waals surface area contributed by atoms with E-state index >= 15 is 0 Å². The van der Waals surface area contributed by atoms with Crippen LogP contribution in [-0.2, 0) is 61.8 Å². The maximum absolute atomic E-state index is 14.1. The first-order chi connectivity index (χ1) is 42.6. The topological polar surface area (TPSA) is 462 Å². The molecule has 0 saturated carbocycles. The van der Waals surface area contributed by atoms with Gasteiger partial charge < -0.3 is 142 Å². The van der Waals surface area contributed by atoms with Gasteiger partial charge in [-0.2, -0.15) is 0 Å². The maximum atomic E-state index is 14.1. The van der Waals surface area contributed by atoms with Crippen LogP contribution in [0.3, 0.4) is 0 Å². The molecule has 3 aromatic rings. The Morgan fingerprint density at radius 2 is 0.955 bits per heavy atom. The molecule has 19 atom stereocenters. The summed E-state index contributed by atoms with van der Waals surface area (Å²) in [5, 5.41) is 141. The van der Waals surface area contributed by atoms with Crippen molar-refractivity contribution in [2.24, 2.45) is 0 Å². The van der Waals surface area contributed by atoms with Crippen molar-refractivity contribution in [1.29, 1.82) is 0 Å². The number of phenols is 2. The fourth-order valence-corrected chi connectivity index (χ4v) is 9.88. The molecule has 19 unspecified atom stereocenters. The van der Waals surface area contributed by atoms with E-state index in [1.54, 1.807) is 0 Å². The second kappa shape index (κ2) is 31.1. The number of hydrogen-bond donors (Lipinski definition) is 13. The third-order valence-corrected chi connectivity index (χ3v) is 14.6. The molecule has 0 spiro atoms. The van der Waals surface area contributed by atoms with Gasteiger partial charge in [-0.25, -0.2) is 14.4 Å². The summed E-state index contributed by atoms with van der Waals surface area (Å²) in [5.74, 6) is -6.45. The number of hydrogen-bond acceptors (Lipinski definition) is 32. The van der Waals surface area contributed by atoms with E-state index in [9.17, 15) is 80.8 Å². The highest BCUT2D eigenvalue weighted by atomic mass is 16.8. The minimum Gasteiger partial charge on any atom is -0.504 e. The molecule has 4 aliphatic rings. The van der Waals surface area contributed by atoms with Gasteiger partial charge in [-0.15, -0.1) is 0 Å². The van der Waals surface area contributed by atoms with E-state index in [4.69, 9.17) is 75.8 Å². The van der Waals surface area contributed by atoms with E-state index in [1.165, 1.54) is 103 Å². The number of esters is 3. The van der Waals surface area contributed by atoms with Gasteiger partial charge >= 0.3 is 17.9 Å². The van der Waals surface area contributed by atoms with Gasteiger partial charge in [0.15, 0.2) is 65.6 Å². The van der Waals surface area contributed by atoms with Crippen molar-refractivity contribution >= 4 is 36.1 Å². The summed E-state index contributed by atoms with van der Waals surface area (Å²) in [7, 11) is 7.90. The summed E-state index contributed by atoms with van der Waals surface area (Å²) in [5.41, 5.74) is 0.856. The SMILES string of the molecule is COc1cc(C=CC(=O)OC2C(CO)OC(CO)(OC3OC(COC(=O)C=Cc4cc(OC)c(O)c(OC)c4)C(O)C(O)C3OC3OC(CO)C(OC4OC(CO)C(O)C(O)C4O)C(O)C3O)C2OC(=O)C=Cc2cc(OC)c(OC)c(OC)c2)ccc1O. The first-order valence-electron chi connectivity index (χ1n) is 27.1. The lowest BCUT2D eigenvalue weighted by Gasteiger charge is -2.49. The van der Waals surface area contributed by atoms with Crippen LogP contribution >= 0.6 is 0 Å². The van der Waals surface area contributed by atoms with Crippen LogP contribution in [-0.4, -0.2) is 276 Å². The van der Waals surface area contributed by atoms with Gasteiger partial charge in [-0.1, -0.05) is 6.07 Å². The monoisotopic (exact) mass is 1270 g/mol. The second-order valence-electron chi connectivity index (χ2n) is 20.1. The molecule has 0 aromatic heterocycles. The Hall–Kier alpha value is -7.03. The highest BCUT2D eigenvalue weighted by Gasteiger charge is 2.63. The standard InChI is InChI=1S/C57H72O32/c1-74-29-15-25(7-11-28(29)62)8-13-39(64)84-51-36(22-60)88-57(24-61,53(51)85-40(65)14-10-27-18-32(77-4)49(79-6)33(19-27)78-5)89-56-52(45(70)43(68)37(83-56)23-80-38(63)12-9-26-16-30(75-2)41(66)31(17-26)76-3)87-55-48(73)46(71)50(35(21-59)82-55)86-54-47(72)44(69)42(67)34(20-58)81-54/h7-19,34-37,42-48,50-56,58-62,66-73H,20-24H2,1-6H3. The molecule has 89 heavy (non-hydrogen) atoms. The van der Waals surface area contributed by atoms with Crippen LogP contribution in [0.2, 0.25) is 0 Å². The minimum absolute atomic E-state index is 0.0173. The Morgan fingerprint density at radius 1 is 0.483 bits per heavy atom. The van der Waals surface area contributed by atoms with Gasteiger partial charge in [0.05, 0.1) is 62.5 Å². The predicted octanol–water partition coefficient (Wildman–Crippen LogP) is -3.49. The van der Waals surface area contributed by atoms with Crippen molar-refractivity contribution in [2.75, 3.05) is 75.7 Å². The largest absolute Gasteiger partial charge is 0.504 e. The normalized spacial score (nSPS) is 32.2. The quantitative estimate of drug-likeness (QED) is 0.0211. The number of ether oxygens (including phenoxy) is 16. The van der Waals surface area contributed by atoms with E-state index in [-0.39, 0.29) is 57.1 Å². The summed E-state index contributed by atoms with van der Waals surface area (Å²) in [6, 6.07) is 9.69. The van der Waals surface area contributed by atoms with Crippen molar-refractivity contribution in [3.8, 4) is 46.0 Å². The molecule has 32 nitrogen and oxygen atoms in total. The molecular weight excluding hydrogens is 1200 g/mol. The van der Waals surface area contributed by atoms with E-state index in [0.717, 1.165) is 18.2 Å². The Kier molecular flexibility index (Phi) is 24.3. The molecule has 0 aliphatic carbocycles. The summed E-state index contributed by atoms with van der Waals surface area (Å²) < 4.78 is 90.1. The van der Waals surface area contributed by atoms with Crippen LogP contribution < -0.4 is 28.4 Å². The molecule has 0 radical (unpaired) electrons. The molecule has 4 saturated heterocycles. The van der Waals surface area contributed by atoms with E-state index in [2.05, 4.69) is 0 Å². The van der Waals surface area contributed by atoms with E-state index < -0.39 is 167 Å². The van der Waals surface area contributed by atoms with Crippen LogP contribution in [0.5, 0.6) is 46.0 Å². The average molecular weight is 1270 g/mol. The van der Waals surface area contributed by atoms with Gasteiger partial charge in [-0.05, 0) is 71.3 Å². The first-order valence-corrected chi connectivity index (χ1v) is 27.1. The Labute approximate surface area is 506 Å². The Bertz CT molecular complexity index is 2900. The number of carbonyl (C=O) groups is 3. The van der Waals surface area contributed by atoms with Crippen molar-refractivity contribution in [3.05, 3.63) is 77.4 Å². The molecule has 4 heterocycles. The lowest BCUT2D eigenvalue weighted by Crippen LogP contribution is -2.67. The zero-order valence-corrected chi connectivity index (χ0v) is 48.5. The number of aliphatic hydroxyl groups excluding tert-OH is 11. The molecule has 492 valence electrons. The Morgan fingerprint density at radius 3 is 1.51 bits per heavy atom. The fraction of sp³-hybridized carbons (Fsp3) is 0.526. The predicted molar refractivity (Wildman–Crippen MR) is 295 cm³/mol. The minimum atomic E-state index is -2.92. The average Bonchev–Trinajstić information content (AvgIpc) is 1.76. The van der Waals surface area contributed by atoms with Gasteiger partial charge in [0.1, 0.15) is 92.6 Å². The lowest BCUT2D eigenvalue weighted by molar-refractivity contribution is -0.412. The fourth-order valence-electron chi connectivity index (χ4n) is 9.88. The van der Waals surface area contributed by atoms with Crippen LogP contribution in [0.1, 0.15) is 16.7 Å². The third kappa shape index (κ3) is 15.8. The second-order valence-corrected chi connectivity index (χ2v) is 20.1.